The molecule has 1 saturated carbocycles. The molecule has 0 bridgehead atoms. The van der Waals surface area contributed by atoms with Crippen LogP contribution < -0.4 is 9.46 Å². The Morgan fingerprint density at radius 3 is 2.77 bits per heavy atom. The molecule has 2 aromatic rings. The zero-order chi connectivity index (χ0) is 15.6. The molecule has 0 amide bonds. The topological polar surface area (TPSA) is 73.2 Å². The fourth-order valence-corrected chi connectivity index (χ4v) is 3.60. The SMILES string of the molecule is Cn1cnc(S(=O)(=O)Nc2cccc(OC3CCCC3)c2)c1. The average molecular weight is 321 g/mol. The standard InChI is InChI=1S/C15H19N3O3S/c1-18-10-15(16-11-18)22(19,20)17-12-5-4-8-14(9-12)21-13-6-2-3-7-13/h4-5,8-11,13,17H,2-3,6-7H2,1H3. The largest absolute Gasteiger partial charge is 0.490 e. The number of rotatable bonds is 5. The van der Waals surface area contributed by atoms with Gasteiger partial charge in [0.25, 0.3) is 10.0 Å². The predicted molar refractivity (Wildman–Crippen MR) is 83.3 cm³/mol. The van der Waals surface area contributed by atoms with Gasteiger partial charge in [0, 0.05) is 19.3 Å². The van der Waals surface area contributed by atoms with Crippen molar-refractivity contribution in [3.63, 3.8) is 0 Å². The second kappa shape index (κ2) is 6.00. The van der Waals surface area contributed by atoms with E-state index in [9.17, 15) is 8.42 Å². The number of nitrogens with zero attached hydrogens (tertiary/aromatic N) is 2. The minimum atomic E-state index is -3.67. The molecule has 1 aliphatic carbocycles. The van der Waals surface area contributed by atoms with Gasteiger partial charge in [-0.25, -0.2) is 4.98 Å². The van der Waals surface area contributed by atoms with Crippen LogP contribution in [0.2, 0.25) is 0 Å². The molecule has 1 aliphatic rings. The van der Waals surface area contributed by atoms with Crippen molar-refractivity contribution in [3.8, 4) is 5.75 Å². The summed E-state index contributed by atoms with van der Waals surface area (Å²) in [6.07, 6.45) is 7.65. The summed E-state index contributed by atoms with van der Waals surface area (Å²) in [5, 5.41) is -0.00267. The molecule has 0 atom stereocenters. The first-order chi connectivity index (χ1) is 10.5. The van der Waals surface area contributed by atoms with Gasteiger partial charge >= 0.3 is 0 Å². The molecule has 0 radical (unpaired) electrons. The molecule has 0 spiro atoms. The Labute approximate surface area is 130 Å². The first-order valence-electron chi connectivity index (χ1n) is 7.30. The first-order valence-corrected chi connectivity index (χ1v) is 8.79. The summed E-state index contributed by atoms with van der Waals surface area (Å²) in [5.74, 6) is 0.688. The molecule has 6 nitrogen and oxygen atoms in total. The monoisotopic (exact) mass is 321 g/mol. The first kappa shape index (κ1) is 14.9. The quantitative estimate of drug-likeness (QED) is 0.918. The van der Waals surface area contributed by atoms with Crippen LogP contribution in [-0.4, -0.2) is 24.1 Å². The van der Waals surface area contributed by atoms with Crippen LogP contribution in [0.25, 0.3) is 0 Å². The average Bonchev–Trinajstić information content (AvgIpc) is 3.10. The molecule has 1 N–H and O–H groups in total. The van der Waals surface area contributed by atoms with Crippen LogP contribution in [0.1, 0.15) is 25.7 Å². The minimum absolute atomic E-state index is 0.00267. The van der Waals surface area contributed by atoms with E-state index in [-0.39, 0.29) is 11.1 Å². The van der Waals surface area contributed by atoms with E-state index in [0.29, 0.717) is 11.4 Å². The maximum atomic E-state index is 12.2. The van der Waals surface area contributed by atoms with Gasteiger partial charge in [-0.15, -0.1) is 0 Å². The number of aromatic nitrogens is 2. The Kier molecular flexibility index (Phi) is 4.06. The van der Waals surface area contributed by atoms with E-state index in [0.717, 1.165) is 12.8 Å². The van der Waals surface area contributed by atoms with Crippen LogP contribution in [0.3, 0.4) is 0 Å². The third kappa shape index (κ3) is 3.41. The maximum Gasteiger partial charge on any atom is 0.280 e. The van der Waals surface area contributed by atoms with Crippen molar-refractivity contribution in [3.05, 3.63) is 36.8 Å². The van der Waals surface area contributed by atoms with Crippen molar-refractivity contribution in [2.24, 2.45) is 7.05 Å². The summed E-state index contributed by atoms with van der Waals surface area (Å²) in [5.41, 5.74) is 0.473. The minimum Gasteiger partial charge on any atom is -0.490 e. The highest BCUT2D eigenvalue weighted by Gasteiger charge is 2.19. The van der Waals surface area contributed by atoms with E-state index in [2.05, 4.69) is 9.71 Å². The number of imidazole rings is 1. The van der Waals surface area contributed by atoms with Gasteiger partial charge in [-0.2, -0.15) is 8.42 Å². The third-order valence-electron chi connectivity index (χ3n) is 3.65. The number of aryl methyl sites for hydroxylation is 1. The summed E-state index contributed by atoms with van der Waals surface area (Å²) in [7, 11) is -1.95. The van der Waals surface area contributed by atoms with Crippen molar-refractivity contribution in [2.45, 2.75) is 36.8 Å². The van der Waals surface area contributed by atoms with E-state index >= 15 is 0 Å². The summed E-state index contributed by atoms with van der Waals surface area (Å²) in [6.45, 7) is 0. The molecule has 7 heteroatoms. The fourth-order valence-electron chi connectivity index (χ4n) is 2.57. The molecule has 1 fully saturated rings. The van der Waals surface area contributed by atoms with Crippen molar-refractivity contribution in [2.75, 3.05) is 4.72 Å². The van der Waals surface area contributed by atoms with Crippen LogP contribution in [0.15, 0.2) is 41.8 Å². The second-order valence-corrected chi connectivity index (χ2v) is 7.16. The number of hydrogen-bond donors (Lipinski definition) is 1. The molecule has 1 aromatic carbocycles. The van der Waals surface area contributed by atoms with E-state index < -0.39 is 10.0 Å². The Bertz CT molecular complexity index is 749. The van der Waals surface area contributed by atoms with E-state index in [1.54, 1.807) is 29.8 Å². The number of hydrogen-bond acceptors (Lipinski definition) is 4. The highest BCUT2D eigenvalue weighted by Crippen LogP contribution is 2.26. The zero-order valence-electron chi connectivity index (χ0n) is 12.4. The van der Waals surface area contributed by atoms with Crippen LogP contribution in [0.4, 0.5) is 5.69 Å². The van der Waals surface area contributed by atoms with Gasteiger partial charge in [-0.05, 0) is 37.8 Å². The molecule has 0 aliphatic heterocycles. The molecular weight excluding hydrogens is 302 g/mol. The van der Waals surface area contributed by atoms with Crippen molar-refractivity contribution >= 4 is 15.7 Å². The molecule has 0 saturated heterocycles. The maximum absolute atomic E-state index is 12.2. The van der Waals surface area contributed by atoms with Crippen LogP contribution in [-0.2, 0) is 17.1 Å². The van der Waals surface area contributed by atoms with Gasteiger partial charge in [0.2, 0.25) is 0 Å². The highest BCUT2D eigenvalue weighted by atomic mass is 32.2. The summed E-state index contributed by atoms with van der Waals surface area (Å²) < 4.78 is 34.5. The van der Waals surface area contributed by atoms with E-state index in [4.69, 9.17) is 4.74 Å². The highest BCUT2D eigenvalue weighted by molar-refractivity contribution is 7.92. The molecule has 118 valence electrons. The van der Waals surface area contributed by atoms with Gasteiger partial charge in [-0.3, -0.25) is 4.72 Å². The molecule has 0 unspecified atom stereocenters. The van der Waals surface area contributed by atoms with Gasteiger partial charge in [0.05, 0.1) is 18.1 Å². The molecule has 1 aromatic heterocycles. The lowest BCUT2D eigenvalue weighted by molar-refractivity contribution is 0.210. The van der Waals surface area contributed by atoms with E-state index in [1.165, 1.54) is 25.4 Å². The summed E-state index contributed by atoms with van der Waals surface area (Å²) in [6, 6.07) is 7.03. The predicted octanol–water partition coefficient (Wildman–Crippen LogP) is 2.54. The molecule has 1 heterocycles. The zero-order valence-corrected chi connectivity index (χ0v) is 13.2. The van der Waals surface area contributed by atoms with Crippen LogP contribution in [0, 0.1) is 0 Å². The summed E-state index contributed by atoms with van der Waals surface area (Å²) in [4.78, 5) is 3.87. The number of nitrogens with one attached hydrogen (secondary N) is 1. The van der Waals surface area contributed by atoms with Crippen molar-refractivity contribution in [1.82, 2.24) is 9.55 Å². The Morgan fingerprint density at radius 1 is 1.32 bits per heavy atom. The van der Waals surface area contributed by atoms with Crippen molar-refractivity contribution < 1.29 is 13.2 Å². The summed E-state index contributed by atoms with van der Waals surface area (Å²) >= 11 is 0. The lowest BCUT2D eigenvalue weighted by Crippen LogP contribution is -2.14. The molecular formula is C15H19N3O3S. The molecule has 22 heavy (non-hydrogen) atoms. The van der Waals surface area contributed by atoms with Gasteiger partial charge in [0.15, 0.2) is 5.03 Å². The number of sulfonamides is 1. The van der Waals surface area contributed by atoms with E-state index in [1.807, 2.05) is 6.07 Å². The van der Waals surface area contributed by atoms with Gasteiger partial charge in [-0.1, -0.05) is 6.07 Å². The Hall–Kier alpha value is -2.02. The number of anilines is 1. The van der Waals surface area contributed by atoms with Gasteiger partial charge < -0.3 is 9.30 Å². The third-order valence-corrected chi connectivity index (χ3v) is 4.91. The van der Waals surface area contributed by atoms with Crippen molar-refractivity contribution in [1.29, 1.82) is 0 Å². The van der Waals surface area contributed by atoms with Gasteiger partial charge in [0.1, 0.15) is 5.75 Å². The Balaban J connectivity index is 1.74. The second-order valence-electron chi connectivity index (χ2n) is 5.54. The number of ether oxygens (including phenoxy) is 1. The smallest absolute Gasteiger partial charge is 0.280 e. The number of benzene rings is 1. The lowest BCUT2D eigenvalue weighted by Gasteiger charge is -2.14. The molecule has 3 rings (SSSR count). The fraction of sp³-hybridized carbons (Fsp3) is 0.400. The van der Waals surface area contributed by atoms with Crippen LogP contribution >= 0.6 is 0 Å². The normalized spacial score (nSPS) is 15.9. The lowest BCUT2D eigenvalue weighted by atomic mass is 10.3. The van der Waals surface area contributed by atoms with Crippen LogP contribution in [0.5, 0.6) is 5.75 Å². The Morgan fingerprint density at radius 2 is 2.09 bits per heavy atom.